The van der Waals surface area contributed by atoms with Gasteiger partial charge in [-0.25, -0.2) is 4.98 Å². The first kappa shape index (κ1) is 10.6. The van der Waals surface area contributed by atoms with Gasteiger partial charge in [0, 0.05) is 4.47 Å². The van der Waals surface area contributed by atoms with Crippen LogP contribution in [0.1, 0.15) is 25.7 Å². The van der Waals surface area contributed by atoms with Crippen LogP contribution in [-0.4, -0.2) is 9.97 Å². The molecule has 0 spiro atoms. The number of nitrogens with zero attached hydrogens (tertiary/aromatic N) is 1. The quantitative estimate of drug-likeness (QED) is 0.879. The van der Waals surface area contributed by atoms with E-state index in [9.17, 15) is 0 Å². The van der Waals surface area contributed by atoms with Crippen molar-refractivity contribution in [2.45, 2.75) is 19.9 Å². The Labute approximate surface area is 97.2 Å². The second-order valence-electron chi connectivity index (χ2n) is 4.05. The van der Waals surface area contributed by atoms with Crippen molar-refractivity contribution >= 4 is 27.0 Å². The van der Waals surface area contributed by atoms with E-state index in [1.165, 1.54) is 0 Å². The Morgan fingerprint density at radius 2 is 2.13 bits per heavy atom. The van der Waals surface area contributed by atoms with E-state index in [0.29, 0.717) is 5.92 Å². The zero-order valence-electron chi connectivity index (χ0n) is 8.79. The summed E-state index contributed by atoms with van der Waals surface area (Å²) in [6.45, 7) is 4.18. The topological polar surface area (TPSA) is 54.7 Å². The number of nitrogens with two attached hydrogens (primary N) is 1. The Balaban J connectivity index is 2.47. The van der Waals surface area contributed by atoms with Crippen molar-refractivity contribution in [3.63, 3.8) is 0 Å². The SMILES string of the molecule is CC(C)[C@@H](N)c1nc2ccc(Br)cc2[nH]1. The number of benzene rings is 1. The summed E-state index contributed by atoms with van der Waals surface area (Å²) in [6.07, 6.45) is 0. The summed E-state index contributed by atoms with van der Waals surface area (Å²) in [5.74, 6) is 1.24. The Morgan fingerprint density at radius 1 is 1.40 bits per heavy atom. The van der Waals surface area contributed by atoms with E-state index in [4.69, 9.17) is 5.73 Å². The lowest BCUT2D eigenvalue weighted by molar-refractivity contribution is 0.495. The van der Waals surface area contributed by atoms with Crippen molar-refractivity contribution in [3.8, 4) is 0 Å². The molecule has 0 aliphatic carbocycles. The summed E-state index contributed by atoms with van der Waals surface area (Å²) in [6, 6.07) is 5.94. The molecule has 0 saturated carbocycles. The number of nitrogens with one attached hydrogen (secondary N) is 1. The minimum absolute atomic E-state index is 0.0313. The van der Waals surface area contributed by atoms with E-state index in [1.54, 1.807) is 0 Å². The van der Waals surface area contributed by atoms with Crippen LogP contribution in [0, 0.1) is 5.92 Å². The predicted molar refractivity (Wildman–Crippen MR) is 65.6 cm³/mol. The number of halogens is 1. The molecule has 80 valence electrons. The van der Waals surface area contributed by atoms with Crippen LogP contribution in [0.5, 0.6) is 0 Å². The molecule has 0 aliphatic rings. The molecule has 4 heteroatoms. The number of aromatic amines is 1. The number of imidazole rings is 1. The minimum atomic E-state index is -0.0313. The first-order chi connectivity index (χ1) is 7.08. The fraction of sp³-hybridized carbons (Fsp3) is 0.364. The van der Waals surface area contributed by atoms with Crippen molar-refractivity contribution in [2.75, 3.05) is 0 Å². The van der Waals surface area contributed by atoms with E-state index in [0.717, 1.165) is 21.3 Å². The van der Waals surface area contributed by atoms with E-state index >= 15 is 0 Å². The van der Waals surface area contributed by atoms with E-state index in [1.807, 2.05) is 18.2 Å². The Morgan fingerprint density at radius 3 is 2.80 bits per heavy atom. The van der Waals surface area contributed by atoms with Gasteiger partial charge in [0.15, 0.2) is 0 Å². The maximum atomic E-state index is 6.03. The molecule has 15 heavy (non-hydrogen) atoms. The van der Waals surface area contributed by atoms with Gasteiger partial charge in [-0.2, -0.15) is 0 Å². The van der Waals surface area contributed by atoms with Crippen LogP contribution in [0.2, 0.25) is 0 Å². The van der Waals surface area contributed by atoms with Gasteiger partial charge in [0.1, 0.15) is 5.82 Å². The number of rotatable bonds is 2. The molecule has 0 aliphatic heterocycles. The third kappa shape index (κ3) is 2.06. The van der Waals surface area contributed by atoms with Crippen LogP contribution in [0.4, 0.5) is 0 Å². The molecule has 0 bridgehead atoms. The summed E-state index contributed by atoms with van der Waals surface area (Å²) in [5, 5.41) is 0. The molecule has 1 aromatic heterocycles. The molecular weight excluding hydrogens is 254 g/mol. The van der Waals surface area contributed by atoms with Crippen LogP contribution >= 0.6 is 15.9 Å². The summed E-state index contributed by atoms with van der Waals surface area (Å²) in [4.78, 5) is 7.72. The predicted octanol–water partition coefficient (Wildman–Crippen LogP) is 2.98. The molecule has 0 radical (unpaired) electrons. The summed E-state index contributed by atoms with van der Waals surface area (Å²) >= 11 is 3.43. The van der Waals surface area contributed by atoms with Gasteiger partial charge in [0.25, 0.3) is 0 Å². The molecule has 3 N–H and O–H groups in total. The highest BCUT2D eigenvalue weighted by Crippen LogP contribution is 2.22. The van der Waals surface area contributed by atoms with Crippen molar-refractivity contribution in [3.05, 3.63) is 28.5 Å². The molecule has 0 amide bonds. The fourth-order valence-electron chi connectivity index (χ4n) is 1.48. The summed E-state index contributed by atoms with van der Waals surface area (Å²) in [7, 11) is 0. The highest BCUT2D eigenvalue weighted by Gasteiger charge is 2.14. The average Bonchev–Trinajstić information content (AvgIpc) is 2.58. The largest absolute Gasteiger partial charge is 0.341 e. The van der Waals surface area contributed by atoms with Gasteiger partial charge in [-0.3, -0.25) is 0 Å². The minimum Gasteiger partial charge on any atom is -0.341 e. The number of aromatic nitrogens is 2. The standard InChI is InChI=1S/C11H14BrN3/c1-6(2)10(13)11-14-8-4-3-7(12)5-9(8)15-11/h3-6,10H,13H2,1-2H3,(H,14,15)/t10-/m1/s1. The molecule has 2 rings (SSSR count). The van der Waals surface area contributed by atoms with Gasteiger partial charge in [-0.1, -0.05) is 29.8 Å². The molecule has 3 nitrogen and oxygen atoms in total. The number of fused-ring (bicyclic) bond motifs is 1. The maximum Gasteiger partial charge on any atom is 0.124 e. The lowest BCUT2D eigenvalue weighted by Crippen LogP contribution is -2.17. The highest BCUT2D eigenvalue weighted by molar-refractivity contribution is 9.10. The second-order valence-corrected chi connectivity index (χ2v) is 4.97. The number of hydrogen-bond acceptors (Lipinski definition) is 2. The molecule has 0 saturated heterocycles. The van der Waals surface area contributed by atoms with Crippen molar-refractivity contribution in [1.29, 1.82) is 0 Å². The van der Waals surface area contributed by atoms with Crippen LogP contribution in [0.3, 0.4) is 0 Å². The Bertz CT molecular complexity index is 476. The molecule has 1 aromatic carbocycles. The molecule has 0 unspecified atom stereocenters. The average molecular weight is 268 g/mol. The molecule has 2 aromatic rings. The van der Waals surface area contributed by atoms with Gasteiger partial charge in [0.05, 0.1) is 17.1 Å². The van der Waals surface area contributed by atoms with Gasteiger partial charge in [-0.05, 0) is 24.1 Å². The zero-order chi connectivity index (χ0) is 11.0. The third-order valence-electron chi connectivity index (χ3n) is 2.50. The summed E-state index contributed by atoms with van der Waals surface area (Å²) in [5.41, 5.74) is 8.02. The lowest BCUT2D eigenvalue weighted by Gasteiger charge is -2.11. The van der Waals surface area contributed by atoms with Crippen molar-refractivity contribution < 1.29 is 0 Å². The van der Waals surface area contributed by atoms with Crippen LogP contribution in [0.25, 0.3) is 11.0 Å². The molecular formula is C11H14BrN3. The molecule has 1 heterocycles. The molecule has 1 atom stereocenters. The normalized spacial score (nSPS) is 13.7. The van der Waals surface area contributed by atoms with E-state index < -0.39 is 0 Å². The van der Waals surface area contributed by atoms with Crippen molar-refractivity contribution in [1.82, 2.24) is 9.97 Å². The first-order valence-electron chi connectivity index (χ1n) is 4.98. The second kappa shape index (κ2) is 3.94. The smallest absolute Gasteiger partial charge is 0.124 e. The number of H-pyrrole nitrogens is 1. The maximum absolute atomic E-state index is 6.03. The van der Waals surface area contributed by atoms with Gasteiger partial charge in [-0.15, -0.1) is 0 Å². The summed E-state index contributed by atoms with van der Waals surface area (Å²) < 4.78 is 1.04. The van der Waals surface area contributed by atoms with E-state index in [-0.39, 0.29) is 6.04 Å². The first-order valence-corrected chi connectivity index (χ1v) is 5.78. The Hall–Kier alpha value is -0.870. The number of hydrogen-bond donors (Lipinski definition) is 2. The van der Waals surface area contributed by atoms with Gasteiger partial charge < -0.3 is 10.7 Å². The van der Waals surface area contributed by atoms with Crippen LogP contribution < -0.4 is 5.73 Å². The van der Waals surface area contributed by atoms with Crippen molar-refractivity contribution in [2.24, 2.45) is 11.7 Å². The van der Waals surface area contributed by atoms with Gasteiger partial charge >= 0.3 is 0 Å². The molecule has 0 fully saturated rings. The van der Waals surface area contributed by atoms with E-state index in [2.05, 4.69) is 39.7 Å². The van der Waals surface area contributed by atoms with Crippen LogP contribution in [-0.2, 0) is 0 Å². The monoisotopic (exact) mass is 267 g/mol. The highest BCUT2D eigenvalue weighted by atomic mass is 79.9. The lowest BCUT2D eigenvalue weighted by atomic mass is 10.1. The van der Waals surface area contributed by atoms with Crippen LogP contribution in [0.15, 0.2) is 22.7 Å². The van der Waals surface area contributed by atoms with Gasteiger partial charge in [0.2, 0.25) is 0 Å². The fourth-order valence-corrected chi connectivity index (χ4v) is 1.84. The Kier molecular flexibility index (Phi) is 2.80. The zero-order valence-corrected chi connectivity index (χ0v) is 10.4. The third-order valence-corrected chi connectivity index (χ3v) is 2.99.